The van der Waals surface area contributed by atoms with Crippen LogP contribution in [0.1, 0.15) is 54.5 Å². The van der Waals surface area contributed by atoms with Crippen LogP contribution in [0.25, 0.3) is 21.7 Å². The van der Waals surface area contributed by atoms with Crippen molar-refractivity contribution in [2.24, 2.45) is 11.5 Å². The Morgan fingerprint density at radius 3 is 1.93 bits per heavy atom. The molecular weight excluding hydrogens is 552 g/mol. The van der Waals surface area contributed by atoms with Crippen molar-refractivity contribution in [3.63, 3.8) is 0 Å². The molecule has 0 saturated carbocycles. The molecule has 0 fully saturated rings. The second kappa shape index (κ2) is 11.9. The Bertz CT molecular complexity index is 1840. The minimum atomic E-state index is -0.942. The lowest BCUT2D eigenvalue weighted by Crippen LogP contribution is -2.37. The molecule has 4 N–H and O–H groups in total. The van der Waals surface area contributed by atoms with E-state index in [4.69, 9.17) is 25.4 Å². The molecule has 1 heterocycles. The van der Waals surface area contributed by atoms with Crippen LogP contribution in [0.5, 0.6) is 11.5 Å². The van der Waals surface area contributed by atoms with Crippen molar-refractivity contribution in [2.75, 3.05) is 0 Å². The van der Waals surface area contributed by atoms with Gasteiger partial charge < -0.3 is 25.4 Å². The number of nitrogens with two attached hydrogens (primary N) is 2. The van der Waals surface area contributed by atoms with Crippen molar-refractivity contribution < 1.29 is 23.5 Å². The molecule has 2 unspecified atom stereocenters. The van der Waals surface area contributed by atoms with Crippen molar-refractivity contribution in [3.05, 3.63) is 107 Å². The largest absolute Gasteiger partial charge is 0.463 e. The molecule has 44 heavy (non-hydrogen) atoms. The number of carbonyl (C=O) groups is 2. The monoisotopic (exact) mass is 590 g/mol. The molecule has 0 aliphatic heterocycles. The molecule has 0 amide bonds. The maximum atomic E-state index is 13.7. The molecule has 1 aliphatic carbocycles. The molecule has 226 valence electrons. The summed E-state index contributed by atoms with van der Waals surface area (Å²) in [5.41, 5.74) is 18.1. The highest BCUT2D eigenvalue weighted by Gasteiger charge is 2.34. The number of ether oxygens (including phenoxy) is 2. The third-order valence-corrected chi connectivity index (χ3v) is 8.76. The van der Waals surface area contributed by atoms with Gasteiger partial charge in [0.25, 0.3) is 0 Å². The van der Waals surface area contributed by atoms with Gasteiger partial charge in [-0.05, 0) is 72.3 Å². The summed E-state index contributed by atoms with van der Waals surface area (Å²) in [6.07, 6.45) is 4.99. The lowest BCUT2D eigenvalue weighted by molar-refractivity contribution is -0.138. The van der Waals surface area contributed by atoms with Crippen LogP contribution in [0.15, 0.2) is 83.5 Å². The third kappa shape index (κ3) is 5.61. The number of carbonyl (C=O) groups excluding carboxylic acids is 2. The minimum Gasteiger partial charge on any atom is -0.463 e. The molecular formula is C37H38N2O5. The van der Waals surface area contributed by atoms with Crippen LogP contribution >= 0.6 is 0 Å². The molecule has 0 saturated heterocycles. The van der Waals surface area contributed by atoms with Gasteiger partial charge >= 0.3 is 11.9 Å². The van der Waals surface area contributed by atoms with Crippen LogP contribution in [-0.2, 0) is 34.3 Å². The van der Waals surface area contributed by atoms with Gasteiger partial charge in [0.15, 0.2) is 11.5 Å². The van der Waals surface area contributed by atoms with E-state index in [-0.39, 0.29) is 16.9 Å². The average molecular weight is 591 g/mol. The van der Waals surface area contributed by atoms with Crippen LogP contribution in [0.4, 0.5) is 0 Å². The van der Waals surface area contributed by atoms with E-state index in [0.29, 0.717) is 29.2 Å². The fourth-order valence-corrected chi connectivity index (χ4v) is 6.43. The number of fused-ring (bicyclic) bond motifs is 5. The van der Waals surface area contributed by atoms with Crippen LogP contribution in [-0.4, -0.2) is 24.0 Å². The number of rotatable bonds is 8. The van der Waals surface area contributed by atoms with E-state index in [1.54, 1.807) is 6.26 Å². The maximum absolute atomic E-state index is 13.7. The number of benzene rings is 4. The summed E-state index contributed by atoms with van der Waals surface area (Å²) in [4.78, 5) is 27.3. The lowest BCUT2D eigenvalue weighted by Gasteiger charge is -2.34. The van der Waals surface area contributed by atoms with Gasteiger partial charge in [-0.25, -0.2) is 9.59 Å². The van der Waals surface area contributed by atoms with Gasteiger partial charge in [0, 0.05) is 10.8 Å². The molecule has 4 aromatic carbocycles. The van der Waals surface area contributed by atoms with Gasteiger partial charge in [-0.3, -0.25) is 0 Å². The van der Waals surface area contributed by atoms with E-state index < -0.39 is 24.0 Å². The molecule has 1 aromatic heterocycles. The molecule has 0 bridgehead atoms. The SMILES string of the molecule is Cc1coc2c1c(OC(=O)C(N)Cc1ccccc1)c(OC(=O)C(N)Cc1ccccc1)c1c3c(ccc12)C(C)(C)CCC3. The van der Waals surface area contributed by atoms with E-state index >= 15 is 0 Å². The van der Waals surface area contributed by atoms with Gasteiger partial charge in [0.1, 0.15) is 17.7 Å². The summed E-state index contributed by atoms with van der Waals surface area (Å²) in [6, 6.07) is 21.4. The number of hydrogen-bond donors (Lipinski definition) is 2. The first-order chi connectivity index (χ1) is 21.1. The van der Waals surface area contributed by atoms with E-state index in [9.17, 15) is 9.59 Å². The average Bonchev–Trinajstić information content (AvgIpc) is 3.40. The highest BCUT2D eigenvalue weighted by Crippen LogP contribution is 2.50. The topological polar surface area (TPSA) is 118 Å². The first-order valence-electron chi connectivity index (χ1n) is 15.2. The number of esters is 2. The second-order valence-corrected chi connectivity index (χ2v) is 12.5. The predicted molar refractivity (Wildman–Crippen MR) is 172 cm³/mol. The van der Waals surface area contributed by atoms with E-state index in [1.165, 1.54) is 5.56 Å². The molecule has 6 rings (SSSR count). The van der Waals surface area contributed by atoms with Crippen molar-refractivity contribution in [3.8, 4) is 11.5 Å². The quantitative estimate of drug-likeness (QED) is 0.157. The Morgan fingerprint density at radius 1 is 0.818 bits per heavy atom. The van der Waals surface area contributed by atoms with Crippen LogP contribution < -0.4 is 20.9 Å². The summed E-state index contributed by atoms with van der Waals surface area (Å²) in [5, 5.41) is 2.06. The highest BCUT2D eigenvalue weighted by molar-refractivity contribution is 6.15. The zero-order valence-electron chi connectivity index (χ0n) is 25.4. The summed E-state index contributed by atoms with van der Waals surface area (Å²) >= 11 is 0. The second-order valence-electron chi connectivity index (χ2n) is 12.5. The minimum absolute atomic E-state index is 0.0876. The Balaban J connectivity index is 1.50. The first-order valence-corrected chi connectivity index (χ1v) is 15.2. The number of aryl methyl sites for hydroxylation is 2. The number of furan rings is 1. The zero-order valence-corrected chi connectivity index (χ0v) is 25.4. The molecule has 0 radical (unpaired) electrons. The van der Waals surface area contributed by atoms with Gasteiger partial charge in [-0.1, -0.05) is 86.6 Å². The molecule has 7 heteroatoms. The fraction of sp³-hybridized carbons (Fsp3) is 0.297. The zero-order chi connectivity index (χ0) is 31.0. The number of hydrogen-bond acceptors (Lipinski definition) is 7. The Kier molecular flexibility index (Phi) is 8.01. The predicted octanol–water partition coefficient (Wildman–Crippen LogP) is 6.46. The van der Waals surface area contributed by atoms with Gasteiger partial charge in [0.2, 0.25) is 0 Å². The molecule has 0 spiro atoms. The molecule has 5 aromatic rings. The Morgan fingerprint density at radius 2 is 1.36 bits per heavy atom. The fourth-order valence-electron chi connectivity index (χ4n) is 6.43. The van der Waals surface area contributed by atoms with E-state index in [1.807, 2.05) is 73.7 Å². The lowest BCUT2D eigenvalue weighted by atomic mass is 9.71. The summed E-state index contributed by atoms with van der Waals surface area (Å²) in [7, 11) is 0. The van der Waals surface area contributed by atoms with Crippen molar-refractivity contribution in [1.82, 2.24) is 0 Å². The van der Waals surface area contributed by atoms with Crippen LogP contribution in [0.3, 0.4) is 0 Å². The summed E-state index contributed by atoms with van der Waals surface area (Å²) in [6.45, 7) is 6.31. The maximum Gasteiger partial charge on any atom is 0.328 e. The van der Waals surface area contributed by atoms with Crippen molar-refractivity contribution in [2.45, 2.75) is 70.4 Å². The van der Waals surface area contributed by atoms with Gasteiger partial charge in [0.05, 0.1) is 11.6 Å². The van der Waals surface area contributed by atoms with E-state index in [0.717, 1.165) is 46.9 Å². The van der Waals surface area contributed by atoms with Crippen molar-refractivity contribution >= 4 is 33.7 Å². The highest BCUT2D eigenvalue weighted by atomic mass is 16.6. The normalized spacial score (nSPS) is 15.5. The molecule has 7 nitrogen and oxygen atoms in total. The van der Waals surface area contributed by atoms with Gasteiger partial charge in [-0.15, -0.1) is 0 Å². The first kappa shape index (κ1) is 29.6. The van der Waals surface area contributed by atoms with Crippen LogP contribution in [0.2, 0.25) is 0 Å². The third-order valence-electron chi connectivity index (χ3n) is 8.76. The van der Waals surface area contributed by atoms with Crippen molar-refractivity contribution in [1.29, 1.82) is 0 Å². The molecule has 2 atom stereocenters. The molecule has 1 aliphatic rings. The Hall–Kier alpha value is -4.46. The van der Waals surface area contributed by atoms with E-state index in [2.05, 4.69) is 19.9 Å². The van der Waals surface area contributed by atoms with Gasteiger partial charge in [-0.2, -0.15) is 0 Å². The smallest absolute Gasteiger partial charge is 0.328 e. The Labute approximate surface area is 257 Å². The summed E-state index contributed by atoms with van der Waals surface area (Å²) < 4.78 is 18.5. The summed E-state index contributed by atoms with van der Waals surface area (Å²) in [5.74, 6) is -0.940. The van der Waals surface area contributed by atoms with Crippen LogP contribution in [0, 0.1) is 6.92 Å². The standard InChI is InChI=1S/C37H38N2O5/c1-22-21-42-32-26-16-17-27-25(15-10-18-37(27,2)3)31(26)34(44-36(41)29(39)20-24-13-8-5-9-14-24)33(30(22)32)43-35(40)28(38)19-23-11-6-4-7-12-23/h4-9,11-14,16-17,21,28-29H,10,15,18-20,38-39H2,1-3H3.